The van der Waals surface area contributed by atoms with Crippen LogP contribution in [0, 0.1) is 6.92 Å². The summed E-state index contributed by atoms with van der Waals surface area (Å²) in [5, 5.41) is 2.34. The molecule has 0 aliphatic carbocycles. The number of hydrogen-bond acceptors (Lipinski definition) is 3. The Balaban J connectivity index is 1.56. The van der Waals surface area contributed by atoms with E-state index in [1.165, 1.54) is 10.9 Å². The molecular weight excluding hydrogens is 318 g/mol. The summed E-state index contributed by atoms with van der Waals surface area (Å²) < 4.78 is 0. The number of nitrogens with zero attached hydrogens (tertiary/aromatic N) is 3. The Hall–Kier alpha value is -3.07. The highest BCUT2D eigenvalue weighted by Gasteiger charge is 2.21. The van der Waals surface area contributed by atoms with Gasteiger partial charge in [-0.1, -0.05) is 42.5 Å². The third-order valence-corrected chi connectivity index (χ3v) is 5.17. The van der Waals surface area contributed by atoms with Crippen LogP contribution in [0.4, 0.5) is 5.69 Å². The van der Waals surface area contributed by atoms with E-state index in [1.54, 1.807) is 0 Å². The molecule has 4 aromatic rings. The molecule has 2 aromatic carbocycles. The maximum Gasteiger partial charge on any atom is 0.0964 e. The molecule has 1 unspecified atom stereocenters. The fraction of sp³-hybridized carbons (Fsp3) is 0.174. The average molecular weight is 337 g/mol. The van der Waals surface area contributed by atoms with Crippen LogP contribution < -0.4 is 0 Å². The second-order valence-electron chi connectivity index (χ2n) is 6.97. The first-order valence-corrected chi connectivity index (χ1v) is 9.05. The quantitative estimate of drug-likeness (QED) is 0.483. The molecule has 3 nitrogen and oxygen atoms in total. The Bertz CT molecular complexity index is 1160. The van der Waals surface area contributed by atoms with E-state index >= 15 is 0 Å². The molecule has 3 heterocycles. The van der Waals surface area contributed by atoms with E-state index in [2.05, 4.69) is 54.6 Å². The van der Waals surface area contributed by atoms with Crippen LogP contribution in [-0.4, -0.2) is 16.2 Å². The topological polar surface area (TPSA) is 38.1 Å². The SMILES string of the molecule is Cc1ccc2ccc3c(c2n1)N=CCC3Cc1ccc2ccccc2n1. The summed E-state index contributed by atoms with van der Waals surface area (Å²) in [6, 6.07) is 21.2. The predicted octanol–water partition coefficient (Wildman–Crippen LogP) is 5.52. The van der Waals surface area contributed by atoms with E-state index in [4.69, 9.17) is 15.0 Å². The van der Waals surface area contributed by atoms with Crippen LogP contribution in [0.5, 0.6) is 0 Å². The zero-order chi connectivity index (χ0) is 17.5. The number of aryl methyl sites for hydroxylation is 1. The molecule has 2 aromatic heterocycles. The molecule has 0 N–H and O–H groups in total. The highest BCUT2D eigenvalue weighted by molar-refractivity contribution is 5.93. The maximum absolute atomic E-state index is 4.86. The monoisotopic (exact) mass is 337 g/mol. The predicted molar refractivity (Wildman–Crippen MR) is 107 cm³/mol. The van der Waals surface area contributed by atoms with E-state index < -0.39 is 0 Å². The van der Waals surface area contributed by atoms with Crippen LogP contribution in [0.3, 0.4) is 0 Å². The normalized spacial score (nSPS) is 16.1. The van der Waals surface area contributed by atoms with Crippen molar-refractivity contribution in [3.63, 3.8) is 0 Å². The van der Waals surface area contributed by atoms with E-state index in [0.29, 0.717) is 5.92 Å². The molecule has 1 aliphatic heterocycles. The molecule has 5 rings (SSSR count). The highest BCUT2D eigenvalue weighted by atomic mass is 14.8. The van der Waals surface area contributed by atoms with E-state index in [9.17, 15) is 0 Å². The lowest BCUT2D eigenvalue weighted by Gasteiger charge is -2.22. The van der Waals surface area contributed by atoms with Crippen molar-refractivity contribution in [3.05, 3.63) is 77.6 Å². The Kier molecular flexibility index (Phi) is 3.52. The van der Waals surface area contributed by atoms with Crippen LogP contribution >= 0.6 is 0 Å². The van der Waals surface area contributed by atoms with Gasteiger partial charge in [-0.25, -0.2) is 0 Å². The van der Waals surface area contributed by atoms with Crippen molar-refractivity contribution in [3.8, 4) is 0 Å². The second-order valence-corrected chi connectivity index (χ2v) is 6.97. The van der Waals surface area contributed by atoms with Crippen molar-refractivity contribution in [2.45, 2.75) is 25.7 Å². The number of hydrogen-bond donors (Lipinski definition) is 0. The Morgan fingerprint density at radius 2 is 1.73 bits per heavy atom. The van der Waals surface area contributed by atoms with E-state index in [-0.39, 0.29) is 0 Å². The van der Waals surface area contributed by atoms with Gasteiger partial charge in [-0.2, -0.15) is 0 Å². The summed E-state index contributed by atoms with van der Waals surface area (Å²) in [6.07, 6.45) is 3.90. The minimum absolute atomic E-state index is 0.392. The van der Waals surface area contributed by atoms with Crippen molar-refractivity contribution in [2.75, 3.05) is 0 Å². The fourth-order valence-electron chi connectivity index (χ4n) is 3.82. The third-order valence-electron chi connectivity index (χ3n) is 5.17. The summed E-state index contributed by atoms with van der Waals surface area (Å²) in [6.45, 7) is 2.03. The zero-order valence-electron chi connectivity index (χ0n) is 14.7. The molecule has 126 valence electrons. The number of aromatic nitrogens is 2. The van der Waals surface area contributed by atoms with Gasteiger partial charge in [0.05, 0.1) is 16.7 Å². The van der Waals surface area contributed by atoms with E-state index in [0.717, 1.165) is 46.3 Å². The van der Waals surface area contributed by atoms with Crippen LogP contribution in [0.25, 0.3) is 21.8 Å². The largest absolute Gasteiger partial charge is 0.259 e. The smallest absolute Gasteiger partial charge is 0.0964 e. The molecule has 0 fully saturated rings. The molecule has 0 saturated carbocycles. The van der Waals surface area contributed by atoms with Crippen molar-refractivity contribution < 1.29 is 0 Å². The molecule has 26 heavy (non-hydrogen) atoms. The van der Waals surface area contributed by atoms with Crippen molar-refractivity contribution in [1.82, 2.24) is 9.97 Å². The van der Waals surface area contributed by atoms with Gasteiger partial charge in [-0.05, 0) is 49.4 Å². The molecule has 0 spiro atoms. The molecule has 0 amide bonds. The lowest BCUT2D eigenvalue weighted by Crippen LogP contribution is -2.09. The third kappa shape index (κ3) is 2.57. The van der Waals surface area contributed by atoms with Gasteiger partial charge in [0.1, 0.15) is 0 Å². The minimum Gasteiger partial charge on any atom is -0.259 e. The molecule has 1 atom stereocenters. The fourth-order valence-corrected chi connectivity index (χ4v) is 3.82. The lowest BCUT2D eigenvalue weighted by molar-refractivity contribution is 0.701. The van der Waals surface area contributed by atoms with Crippen molar-refractivity contribution in [1.29, 1.82) is 0 Å². The Labute approximate surface area is 152 Å². The van der Waals surface area contributed by atoms with Gasteiger partial charge >= 0.3 is 0 Å². The molecule has 0 radical (unpaired) electrons. The number of para-hydroxylation sites is 1. The van der Waals surface area contributed by atoms with Crippen molar-refractivity contribution in [2.24, 2.45) is 4.99 Å². The average Bonchev–Trinajstić information content (AvgIpc) is 2.68. The number of benzene rings is 2. The summed E-state index contributed by atoms with van der Waals surface area (Å²) in [5.41, 5.74) is 6.54. The van der Waals surface area contributed by atoms with Gasteiger partial charge in [-0.3, -0.25) is 15.0 Å². The Morgan fingerprint density at radius 1 is 0.885 bits per heavy atom. The number of rotatable bonds is 2. The summed E-state index contributed by atoms with van der Waals surface area (Å²) in [5.74, 6) is 0.392. The highest BCUT2D eigenvalue weighted by Crippen LogP contribution is 2.39. The van der Waals surface area contributed by atoms with Gasteiger partial charge in [0.2, 0.25) is 0 Å². The van der Waals surface area contributed by atoms with Crippen molar-refractivity contribution >= 4 is 33.7 Å². The molecule has 0 bridgehead atoms. The molecule has 1 aliphatic rings. The van der Waals surface area contributed by atoms with Crippen LogP contribution in [0.2, 0.25) is 0 Å². The van der Waals surface area contributed by atoms with Crippen LogP contribution in [-0.2, 0) is 6.42 Å². The molecule has 3 heteroatoms. The van der Waals surface area contributed by atoms with Gasteiger partial charge in [-0.15, -0.1) is 0 Å². The van der Waals surface area contributed by atoms with Crippen LogP contribution in [0.15, 0.2) is 65.7 Å². The van der Waals surface area contributed by atoms with Gasteiger partial charge < -0.3 is 0 Å². The standard InChI is InChI=1S/C23H19N3/c1-15-6-7-17-9-11-20-18(12-13-24-23(20)22(17)25-15)14-19-10-8-16-4-2-3-5-21(16)26-19/h2-11,13,18H,12,14H2,1H3. The summed E-state index contributed by atoms with van der Waals surface area (Å²) in [7, 11) is 0. The summed E-state index contributed by atoms with van der Waals surface area (Å²) in [4.78, 5) is 14.3. The first kappa shape index (κ1) is 15.2. The van der Waals surface area contributed by atoms with Gasteiger partial charge in [0.25, 0.3) is 0 Å². The lowest BCUT2D eigenvalue weighted by atomic mass is 9.87. The zero-order valence-corrected chi connectivity index (χ0v) is 14.7. The number of fused-ring (bicyclic) bond motifs is 4. The summed E-state index contributed by atoms with van der Waals surface area (Å²) >= 11 is 0. The number of pyridine rings is 2. The first-order valence-electron chi connectivity index (χ1n) is 9.05. The maximum atomic E-state index is 4.86. The Morgan fingerprint density at radius 3 is 2.69 bits per heavy atom. The first-order chi connectivity index (χ1) is 12.8. The molecule has 0 saturated heterocycles. The van der Waals surface area contributed by atoms with Crippen LogP contribution in [0.1, 0.15) is 29.3 Å². The minimum atomic E-state index is 0.392. The van der Waals surface area contributed by atoms with Gasteiger partial charge in [0.15, 0.2) is 0 Å². The van der Waals surface area contributed by atoms with Gasteiger partial charge in [0, 0.05) is 28.4 Å². The van der Waals surface area contributed by atoms with E-state index in [1.807, 2.05) is 19.2 Å². The molecular formula is C23H19N3. The number of aliphatic imine (C=N–C) groups is 1. The second kappa shape index (κ2) is 6.03.